The molecule has 0 aliphatic carbocycles. The van der Waals surface area contributed by atoms with Gasteiger partial charge in [-0.1, -0.05) is 0 Å². The normalized spacial score (nSPS) is 12.8. The van der Waals surface area contributed by atoms with Crippen molar-refractivity contribution in [3.8, 4) is 0 Å². The van der Waals surface area contributed by atoms with E-state index in [2.05, 4.69) is 0 Å². The van der Waals surface area contributed by atoms with Gasteiger partial charge >= 0.3 is 5.97 Å². The van der Waals surface area contributed by atoms with Crippen LogP contribution in [0, 0.1) is 6.92 Å². The number of rotatable bonds is 4. The zero-order valence-electron chi connectivity index (χ0n) is 7.49. The minimum absolute atomic E-state index is 0.0386. The Morgan fingerprint density at radius 2 is 2.38 bits per heavy atom. The van der Waals surface area contributed by atoms with Crippen molar-refractivity contribution in [2.45, 2.75) is 25.8 Å². The molecule has 1 unspecified atom stereocenters. The first-order valence-corrected chi connectivity index (χ1v) is 4.92. The average molecular weight is 199 g/mol. The van der Waals surface area contributed by atoms with Crippen molar-refractivity contribution < 1.29 is 9.90 Å². The molecule has 3 nitrogen and oxygen atoms in total. The summed E-state index contributed by atoms with van der Waals surface area (Å²) in [4.78, 5) is 12.7. The number of hydrogen-bond donors (Lipinski definition) is 2. The highest BCUT2D eigenvalue weighted by Crippen LogP contribution is 2.16. The molecule has 1 aromatic heterocycles. The van der Waals surface area contributed by atoms with Crippen LogP contribution < -0.4 is 5.73 Å². The van der Waals surface area contributed by atoms with Gasteiger partial charge in [-0.3, -0.25) is 4.79 Å². The molecule has 0 saturated carbocycles. The Balaban J connectivity index is 2.44. The maximum absolute atomic E-state index is 10.3. The van der Waals surface area contributed by atoms with E-state index in [1.165, 1.54) is 4.88 Å². The van der Waals surface area contributed by atoms with Crippen molar-refractivity contribution in [1.82, 2.24) is 0 Å². The highest BCUT2D eigenvalue weighted by Gasteiger charge is 2.09. The molecule has 1 heterocycles. The molecule has 1 rings (SSSR count). The van der Waals surface area contributed by atoms with Crippen molar-refractivity contribution in [1.29, 1.82) is 0 Å². The molecule has 0 aromatic carbocycles. The van der Waals surface area contributed by atoms with Crippen LogP contribution in [0.1, 0.15) is 16.2 Å². The molecule has 0 radical (unpaired) electrons. The highest BCUT2D eigenvalue weighted by atomic mass is 32.1. The van der Waals surface area contributed by atoms with Gasteiger partial charge in [0.25, 0.3) is 0 Å². The lowest BCUT2D eigenvalue weighted by atomic mass is 10.1. The van der Waals surface area contributed by atoms with Crippen LogP contribution in [-0.4, -0.2) is 17.1 Å². The summed E-state index contributed by atoms with van der Waals surface area (Å²) in [6.45, 7) is 2.02. The zero-order chi connectivity index (χ0) is 9.84. The Kier molecular flexibility index (Phi) is 3.45. The van der Waals surface area contributed by atoms with Crippen LogP contribution in [0.2, 0.25) is 0 Å². The smallest absolute Gasteiger partial charge is 0.304 e. The molecule has 0 amide bonds. The fraction of sp³-hybridized carbons (Fsp3) is 0.444. The summed E-state index contributed by atoms with van der Waals surface area (Å²) in [5.41, 5.74) is 5.64. The van der Waals surface area contributed by atoms with E-state index in [0.717, 1.165) is 4.88 Å². The van der Waals surface area contributed by atoms with Crippen LogP contribution in [0.25, 0.3) is 0 Å². The molecule has 0 spiro atoms. The van der Waals surface area contributed by atoms with Gasteiger partial charge in [-0.25, -0.2) is 0 Å². The van der Waals surface area contributed by atoms with Gasteiger partial charge in [0.15, 0.2) is 0 Å². The number of hydrogen-bond acceptors (Lipinski definition) is 3. The summed E-state index contributed by atoms with van der Waals surface area (Å²) in [6, 6.07) is 3.76. The first-order valence-electron chi connectivity index (χ1n) is 4.10. The Morgan fingerprint density at radius 3 is 2.85 bits per heavy atom. The maximum atomic E-state index is 10.3. The van der Waals surface area contributed by atoms with Gasteiger partial charge in [-0.05, 0) is 25.5 Å². The second-order valence-corrected chi connectivity index (χ2v) is 4.45. The maximum Gasteiger partial charge on any atom is 0.304 e. The highest BCUT2D eigenvalue weighted by molar-refractivity contribution is 7.11. The minimum Gasteiger partial charge on any atom is -0.481 e. The van der Waals surface area contributed by atoms with E-state index in [9.17, 15) is 4.79 Å². The molecule has 1 aromatic rings. The van der Waals surface area contributed by atoms with Gasteiger partial charge in [-0.2, -0.15) is 0 Å². The number of carbonyl (C=O) groups is 1. The number of aryl methyl sites for hydroxylation is 1. The molecule has 1 atom stereocenters. The Morgan fingerprint density at radius 1 is 1.69 bits per heavy atom. The lowest BCUT2D eigenvalue weighted by Gasteiger charge is -2.05. The van der Waals surface area contributed by atoms with E-state index in [4.69, 9.17) is 10.8 Å². The number of thiophene rings is 1. The molecule has 0 aliphatic heterocycles. The van der Waals surface area contributed by atoms with Crippen LogP contribution in [0.4, 0.5) is 0 Å². The van der Waals surface area contributed by atoms with Crippen molar-refractivity contribution in [2.75, 3.05) is 0 Å². The number of nitrogens with two attached hydrogens (primary N) is 1. The van der Waals surface area contributed by atoms with Gasteiger partial charge in [0.1, 0.15) is 0 Å². The van der Waals surface area contributed by atoms with Gasteiger partial charge in [0.2, 0.25) is 0 Å². The lowest BCUT2D eigenvalue weighted by molar-refractivity contribution is -0.137. The fourth-order valence-electron chi connectivity index (χ4n) is 1.15. The molecular formula is C9H13NO2S. The van der Waals surface area contributed by atoms with Crippen molar-refractivity contribution >= 4 is 17.3 Å². The third-order valence-corrected chi connectivity index (χ3v) is 2.72. The molecule has 13 heavy (non-hydrogen) atoms. The van der Waals surface area contributed by atoms with Crippen LogP contribution in [0.15, 0.2) is 12.1 Å². The van der Waals surface area contributed by atoms with Crippen molar-refractivity contribution in [3.05, 3.63) is 21.9 Å². The van der Waals surface area contributed by atoms with Crippen molar-refractivity contribution in [2.24, 2.45) is 5.73 Å². The first kappa shape index (κ1) is 10.2. The second-order valence-electron chi connectivity index (χ2n) is 3.07. The largest absolute Gasteiger partial charge is 0.481 e. The molecule has 72 valence electrons. The molecule has 0 bridgehead atoms. The Bertz CT molecular complexity index is 296. The second kappa shape index (κ2) is 4.39. The third kappa shape index (κ3) is 3.57. The first-order chi connectivity index (χ1) is 6.08. The zero-order valence-corrected chi connectivity index (χ0v) is 8.30. The third-order valence-electron chi connectivity index (χ3n) is 1.70. The summed E-state index contributed by atoms with van der Waals surface area (Å²) in [7, 11) is 0. The van der Waals surface area contributed by atoms with Gasteiger partial charge in [-0.15, -0.1) is 11.3 Å². The molecule has 0 fully saturated rings. The standard InChI is InChI=1S/C9H13NO2S/c1-6-2-3-8(13-6)4-7(10)5-9(11)12/h2-3,7H,4-5,10H2,1H3,(H,11,12). The lowest BCUT2D eigenvalue weighted by Crippen LogP contribution is -2.25. The SMILES string of the molecule is Cc1ccc(CC(N)CC(=O)O)s1. The van der Waals surface area contributed by atoms with Gasteiger partial charge in [0.05, 0.1) is 6.42 Å². The topological polar surface area (TPSA) is 63.3 Å². The summed E-state index contributed by atoms with van der Waals surface area (Å²) >= 11 is 1.67. The predicted octanol–water partition coefficient (Wildman–Crippen LogP) is 1.40. The monoisotopic (exact) mass is 199 g/mol. The van der Waals surface area contributed by atoms with E-state index in [0.29, 0.717) is 6.42 Å². The summed E-state index contributed by atoms with van der Waals surface area (Å²) in [5, 5.41) is 8.49. The van der Waals surface area contributed by atoms with Crippen LogP contribution in [0.3, 0.4) is 0 Å². The van der Waals surface area contributed by atoms with Gasteiger partial charge < -0.3 is 10.8 Å². The van der Waals surface area contributed by atoms with Crippen LogP contribution in [-0.2, 0) is 11.2 Å². The summed E-state index contributed by atoms with van der Waals surface area (Å²) < 4.78 is 0. The van der Waals surface area contributed by atoms with Crippen LogP contribution in [0.5, 0.6) is 0 Å². The molecule has 4 heteroatoms. The van der Waals surface area contributed by atoms with E-state index >= 15 is 0 Å². The molecule has 3 N–H and O–H groups in total. The van der Waals surface area contributed by atoms with E-state index < -0.39 is 5.97 Å². The van der Waals surface area contributed by atoms with Crippen molar-refractivity contribution in [3.63, 3.8) is 0 Å². The minimum atomic E-state index is -0.833. The quantitative estimate of drug-likeness (QED) is 0.770. The number of carboxylic acid groups (broad SMARTS) is 1. The predicted molar refractivity (Wildman–Crippen MR) is 53.0 cm³/mol. The molecule has 0 saturated heterocycles. The van der Waals surface area contributed by atoms with E-state index in [-0.39, 0.29) is 12.5 Å². The number of aliphatic carboxylic acids is 1. The Labute approximate surface area is 81.2 Å². The van der Waals surface area contributed by atoms with E-state index in [1.54, 1.807) is 11.3 Å². The molecular weight excluding hydrogens is 186 g/mol. The average Bonchev–Trinajstić information content (AvgIpc) is 2.33. The van der Waals surface area contributed by atoms with Crippen LogP contribution >= 0.6 is 11.3 Å². The fourth-order valence-corrected chi connectivity index (χ4v) is 2.13. The van der Waals surface area contributed by atoms with E-state index in [1.807, 2.05) is 19.1 Å². The summed E-state index contributed by atoms with van der Waals surface area (Å²) in [6.07, 6.45) is 0.696. The molecule has 0 aliphatic rings. The Hall–Kier alpha value is -0.870. The number of carboxylic acids is 1. The van der Waals surface area contributed by atoms with Gasteiger partial charge in [0, 0.05) is 15.8 Å². The summed E-state index contributed by atoms with van der Waals surface area (Å²) in [5.74, 6) is -0.833.